The van der Waals surface area contributed by atoms with E-state index in [2.05, 4.69) is 24.8 Å². The van der Waals surface area contributed by atoms with E-state index < -0.39 is 0 Å². The Labute approximate surface area is 170 Å². The van der Waals surface area contributed by atoms with Crippen molar-refractivity contribution in [2.75, 3.05) is 18.9 Å². The summed E-state index contributed by atoms with van der Waals surface area (Å²) < 4.78 is 1.68. The summed E-state index contributed by atoms with van der Waals surface area (Å²) in [5.41, 5.74) is 4.90. The zero-order valence-corrected chi connectivity index (χ0v) is 17.3. The molecule has 0 radical (unpaired) electrons. The van der Waals surface area contributed by atoms with E-state index in [1.165, 1.54) is 18.4 Å². The van der Waals surface area contributed by atoms with E-state index in [0.29, 0.717) is 11.6 Å². The first-order valence-corrected chi connectivity index (χ1v) is 10.9. The summed E-state index contributed by atoms with van der Waals surface area (Å²) in [5, 5.41) is 4.90. The number of hydrogen-bond donors (Lipinski definition) is 1. The first kappa shape index (κ1) is 19.0. The molecule has 1 unspecified atom stereocenters. The van der Waals surface area contributed by atoms with Crippen molar-refractivity contribution in [3.63, 3.8) is 0 Å². The highest BCUT2D eigenvalue weighted by Gasteiger charge is 2.20. The van der Waals surface area contributed by atoms with Gasteiger partial charge in [0.15, 0.2) is 5.78 Å². The molecule has 0 spiro atoms. The van der Waals surface area contributed by atoms with Crippen LogP contribution in [0.3, 0.4) is 0 Å². The number of rotatable bonds is 6. The van der Waals surface area contributed by atoms with Crippen LogP contribution in [0.25, 0.3) is 16.5 Å². The summed E-state index contributed by atoms with van der Waals surface area (Å²) in [4.78, 5) is 15.3. The Hall–Kier alpha value is -2.37. The smallest absolute Gasteiger partial charge is 0.193 e. The Morgan fingerprint density at radius 1 is 1.29 bits per heavy atom. The first-order chi connectivity index (χ1) is 13.6. The van der Waals surface area contributed by atoms with Crippen molar-refractivity contribution < 1.29 is 4.79 Å². The van der Waals surface area contributed by atoms with Crippen molar-refractivity contribution >= 4 is 33.6 Å². The van der Waals surface area contributed by atoms with Crippen molar-refractivity contribution in [3.05, 3.63) is 64.0 Å². The van der Waals surface area contributed by atoms with Crippen LogP contribution in [-0.4, -0.2) is 34.5 Å². The minimum Gasteiger partial charge on any atom is -0.339 e. The summed E-state index contributed by atoms with van der Waals surface area (Å²) in [6.45, 7) is 6.60. The van der Waals surface area contributed by atoms with Crippen LogP contribution in [-0.2, 0) is 0 Å². The minimum absolute atomic E-state index is 0.0658. The highest BCUT2D eigenvalue weighted by atomic mass is 32.1. The van der Waals surface area contributed by atoms with Gasteiger partial charge < -0.3 is 5.84 Å². The number of carbonyl (C=O) groups excluding carboxylic acids is 1. The van der Waals surface area contributed by atoms with Crippen molar-refractivity contribution in [1.29, 1.82) is 0 Å². The van der Waals surface area contributed by atoms with Gasteiger partial charge in [-0.05, 0) is 55.0 Å². The molecule has 0 amide bonds. The van der Waals surface area contributed by atoms with E-state index in [-0.39, 0.29) is 5.78 Å². The lowest BCUT2D eigenvalue weighted by molar-refractivity contribution is 0.103. The van der Waals surface area contributed by atoms with E-state index in [4.69, 9.17) is 5.84 Å². The molecule has 3 heterocycles. The zero-order chi connectivity index (χ0) is 19.7. The van der Waals surface area contributed by atoms with E-state index in [1.807, 2.05) is 41.2 Å². The molecule has 3 aromatic rings. The number of fused-ring (bicyclic) bond motifs is 1. The number of nitrogen functional groups attached to an aromatic ring is 1. The van der Waals surface area contributed by atoms with E-state index in [9.17, 15) is 4.79 Å². The maximum absolute atomic E-state index is 12.8. The second-order valence-electron chi connectivity index (χ2n) is 7.64. The van der Waals surface area contributed by atoms with Crippen LogP contribution >= 0.6 is 11.3 Å². The van der Waals surface area contributed by atoms with Crippen molar-refractivity contribution in [2.45, 2.75) is 39.2 Å². The molecule has 4 nitrogen and oxygen atoms in total. The standard InChI is InChI=1S/C23H27N3OS/c1-3-4-16(2)25-10-7-17(8-11-25)21-14-26(24)22-6-5-18(13-20(21)22)23(27)19-9-12-28-15-19/h5-7,9,12-16H,3-4,8,10-11,24H2,1-2H3. The van der Waals surface area contributed by atoms with E-state index in [1.54, 1.807) is 16.0 Å². The molecule has 0 saturated heterocycles. The Morgan fingerprint density at radius 2 is 2.14 bits per heavy atom. The SMILES string of the molecule is CCCC(C)N1CC=C(c2cn(N)c3ccc(C(=O)c4ccsc4)cc23)CC1. The van der Waals surface area contributed by atoms with Gasteiger partial charge in [-0.2, -0.15) is 11.3 Å². The van der Waals surface area contributed by atoms with Crippen LogP contribution < -0.4 is 5.84 Å². The third-order valence-electron chi connectivity index (χ3n) is 5.79. The van der Waals surface area contributed by atoms with Gasteiger partial charge in [0.2, 0.25) is 0 Å². The van der Waals surface area contributed by atoms with Crippen molar-refractivity contribution in [2.24, 2.45) is 0 Å². The van der Waals surface area contributed by atoms with Gasteiger partial charge in [0.25, 0.3) is 0 Å². The second-order valence-corrected chi connectivity index (χ2v) is 8.42. The third-order valence-corrected chi connectivity index (χ3v) is 6.48. The average Bonchev–Trinajstić information content (AvgIpc) is 3.36. The van der Waals surface area contributed by atoms with Gasteiger partial charge in [-0.15, -0.1) is 0 Å². The number of nitrogens with zero attached hydrogens (tertiary/aromatic N) is 2. The minimum atomic E-state index is 0.0658. The maximum Gasteiger partial charge on any atom is 0.193 e. The molecule has 1 aromatic carbocycles. The van der Waals surface area contributed by atoms with Gasteiger partial charge in [0.05, 0.1) is 5.52 Å². The molecule has 1 atom stereocenters. The van der Waals surface area contributed by atoms with Crippen LogP contribution in [0, 0.1) is 0 Å². The monoisotopic (exact) mass is 393 g/mol. The number of aromatic nitrogens is 1. The van der Waals surface area contributed by atoms with Gasteiger partial charge in [-0.25, -0.2) is 0 Å². The summed E-state index contributed by atoms with van der Waals surface area (Å²) in [7, 11) is 0. The molecule has 1 aliphatic rings. The summed E-state index contributed by atoms with van der Waals surface area (Å²) in [5.74, 6) is 6.28. The largest absolute Gasteiger partial charge is 0.339 e. The van der Waals surface area contributed by atoms with Crippen LogP contribution in [0.2, 0.25) is 0 Å². The quantitative estimate of drug-likeness (QED) is 0.477. The Balaban J connectivity index is 1.66. The average molecular weight is 394 g/mol. The third kappa shape index (κ3) is 3.52. The normalized spacial score (nSPS) is 16.3. The summed E-state index contributed by atoms with van der Waals surface area (Å²) >= 11 is 1.54. The lowest BCUT2D eigenvalue weighted by atomic mass is 9.96. The van der Waals surface area contributed by atoms with Gasteiger partial charge in [0, 0.05) is 52.8 Å². The van der Waals surface area contributed by atoms with Crippen molar-refractivity contribution in [3.8, 4) is 0 Å². The maximum atomic E-state index is 12.8. The fourth-order valence-electron chi connectivity index (χ4n) is 4.14. The number of nitrogens with two attached hydrogens (primary N) is 1. The Bertz CT molecular complexity index is 1020. The highest BCUT2D eigenvalue weighted by molar-refractivity contribution is 7.08. The Morgan fingerprint density at radius 3 is 2.82 bits per heavy atom. The van der Waals surface area contributed by atoms with Gasteiger partial charge in [-0.1, -0.05) is 19.4 Å². The predicted octanol–water partition coefficient (Wildman–Crippen LogP) is 4.93. The lowest BCUT2D eigenvalue weighted by Crippen LogP contribution is -2.36. The molecular weight excluding hydrogens is 366 g/mol. The van der Waals surface area contributed by atoms with Crippen LogP contribution in [0.4, 0.5) is 0 Å². The molecule has 5 heteroatoms. The molecule has 0 saturated carbocycles. The van der Waals surface area contributed by atoms with Gasteiger partial charge >= 0.3 is 0 Å². The topological polar surface area (TPSA) is 51.3 Å². The lowest BCUT2D eigenvalue weighted by Gasteiger charge is -2.31. The number of carbonyl (C=O) groups is 1. The number of ketones is 1. The van der Waals surface area contributed by atoms with Crippen LogP contribution in [0.15, 0.2) is 47.3 Å². The molecule has 2 N–H and O–H groups in total. The highest BCUT2D eigenvalue weighted by Crippen LogP contribution is 2.32. The fourth-order valence-corrected chi connectivity index (χ4v) is 4.78. The number of hydrogen-bond acceptors (Lipinski definition) is 4. The first-order valence-electron chi connectivity index (χ1n) is 9.99. The molecule has 0 fully saturated rings. The molecule has 146 valence electrons. The predicted molar refractivity (Wildman–Crippen MR) is 118 cm³/mol. The second kappa shape index (κ2) is 7.94. The summed E-state index contributed by atoms with van der Waals surface area (Å²) in [6, 6.07) is 8.33. The van der Waals surface area contributed by atoms with Crippen LogP contribution in [0.1, 0.15) is 54.6 Å². The molecule has 4 rings (SSSR count). The van der Waals surface area contributed by atoms with Crippen molar-refractivity contribution in [1.82, 2.24) is 9.58 Å². The summed E-state index contributed by atoms with van der Waals surface area (Å²) in [6.07, 6.45) is 7.79. The number of benzene rings is 1. The van der Waals surface area contributed by atoms with E-state index in [0.717, 1.165) is 41.5 Å². The zero-order valence-electron chi connectivity index (χ0n) is 16.5. The van der Waals surface area contributed by atoms with E-state index >= 15 is 0 Å². The Kier molecular flexibility index (Phi) is 5.38. The molecule has 28 heavy (non-hydrogen) atoms. The number of thiophene rings is 1. The molecule has 0 aliphatic carbocycles. The fraction of sp³-hybridized carbons (Fsp3) is 0.348. The molecule has 2 aromatic heterocycles. The molecule has 0 bridgehead atoms. The van der Waals surface area contributed by atoms with Gasteiger partial charge in [0.1, 0.15) is 0 Å². The molecular formula is C23H27N3OS. The molecule has 1 aliphatic heterocycles. The van der Waals surface area contributed by atoms with Crippen LogP contribution in [0.5, 0.6) is 0 Å². The van der Waals surface area contributed by atoms with Gasteiger partial charge in [-0.3, -0.25) is 14.4 Å².